The molecule has 0 heterocycles. The molecule has 1 fully saturated rings. The van der Waals surface area contributed by atoms with Crippen molar-refractivity contribution in [3.63, 3.8) is 0 Å². The first-order valence-corrected chi connectivity index (χ1v) is 5.80. The quantitative estimate of drug-likeness (QED) is 0.746. The number of hydrogen-bond donors (Lipinski definition) is 0. The van der Waals surface area contributed by atoms with Gasteiger partial charge in [-0.25, -0.2) is 0 Å². The molecule has 1 aromatic rings. The van der Waals surface area contributed by atoms with Crippen LogP contribution in [0.15, 0.2) is 18.2 Å². The Morgan fingerprint density at radius 2 is 2.24 bits per heavy atom. The van der Waals surface area contributed by atoms with Gasteiger partial charge in [-0.3, -0.25) is 4.79 Å². The maximum Gasteiger partial charge on any atom is 0.186 e. The van der Waals surface area contributed by atoms with Gasteiger partial charge in [0.25, 0.3) is 0 Å². The van der Waals surface area contributed by atoms with Crippen LogP contribution in [0.3, 0.4) is 0 Å². The minimum absolute atomic E-state index is 0.0906. The molecule has 1 saturated carbocycles. The average Bonchev–Trinajstić information content (AvgIpc) is 3.18. The summed E-state index contributed by atoms with van der Waals surface area (Å²) in [5, 5.41) is 9.07. The third-order valence-corrected chi connectivity index (χ3v) is 3.32. The Hall–Kier alpha value is -1.82. The lowest BCUT2D eigenvalue weighted by Gasteiger charge is -2.11. The molecule has 1 aliphatic rings. The molecule has 0 spiro atoms. The molecule has 88 valence electrons. The Morgan fingerprint density at radius 1 is 1.53 bits per heavy atom. The summed E-state index contributed by atoms with van der Waals surface area (Å²) in [7, 11) is 1.55. The first kappa shape index (κ1) is 11.7. The number of nitriles is 1. The Balaban J connectivity index is 2.43. The Labute approximate surface area is 101 Å². The Bertz CT molecular complexity index is 495. The van der Waals surface area contributed by atoms with Gasteiger partial charge in [0.1, 0.15) is 11.2 Å². The molecule has 0 aliphatic heterocycles. The number of carbonyl (C=O) groups is 1. The number of aryl methyl sites for hydroxylation is 1. The summed E-state index contributed by atoms with van der Waals surface area (Å²) in [4.78, 5) is 12.3. The van der Waals surface area contributed by atoms with Crippen LogP contribution in [0.1, 0.15) is 35.7 Å². The highest BCUT2D eigenvalue weighted by Crippen LogP contribution is 2.48. The van der Waals surface area contributed by atoms with Crippen molar-refractivity contribution < 1.29 is 9.53 Å². The Kier molecular flexibility index (Phi) is 2.89. The second-order valence-electron chi connectivity index (χ2n) is 4.41. The second-order valence-corrected chi connectivity index (χ2v) is 4.41. The third-order valence-electron chi connectivity index (χ3n) is 3.32. The molecule has 0 N–H and O–H groups in total. The van der Waals surface area contributed by atoms with Gasteiger partial charge in [-0.1, -0.05) is 13.0 Å². The number of ketones is 1. The normalized spacial score (nSPS) is 16.1. The lowest BCUT2D eigenvalue weighted by atomic mass is 9.94. The predicted molar refractivity (Wildman–Crippen MR) is 64.0 cm³/mol. The van der Waals surface area contributed by atoms with Crippen molar-refractivity contribution in [1.82, 2.24) is 0 Å². The van der Waals surface area contributed by atoms with Gasteiger partial charge in [0.05, 0.1) is 18.7 Å². The summed E-state index contributed by atoms with van der Waals surface area (Å²) in [6.07, 6.45) is 2.20. The number of rotatable bonds is 4. The van der Waals surface area contributed by atoms with Gasteiger partial charge in [-0.05, 0) is 37.0 Å². The summed E-state index contributed by atoms with van der Waals surface area (Å²) in [5.74, 6) is 0.473. The zero-order chi connectivity index (χ0) is 12.5. The number of ether oxygens (including phenoxy) is 1. The molecule has 0 saturated heterocycles. The SMILES string of the molecule is CCc1ccc(OC)c(C(=O)C2(C#N)CC2)c1. The fourth-order valence-corrected chi connectivity index (χ4v) is 1.92. The van der Waals surface area contributed by atoms with E-state index in [0.717, 1.165) is 12.0 Å². The summed E-state index contributed by atoms with van der Waals surface area (Å²) in [6, 6.07) is 7.73. The van der Waals surface area contributed by atoms with Crippen molar-refractivity contribution in [3.05, 3.63) is 29.3 Å². The van der Waals surface area contributed by atoms with E-state index in [1.54, 1.807) is 13.2 Å². The third kappa shape index (κ3) is 1.91. The van der Waals surface area contributed by atoms with Crippen LogP contribution in [0.2, 0.25) is 0 Å². The van der Waals surface area contributed by atoms with Crippen LogP contribution < -0.4 is 4.74 Å². The van der Waals surface area contributed by atoms with Gasteiger partial charge in [0, 0.05) is 0 Å². The van der Waals surface area contributed by atoms with Gasteiger partial charge in [0.2, 0.25) is 0 Å². The summed E-state index contributed by atoms with van der Waals surface area (Å²) in [5.41, 5.74) is 0.855. The van der Waals surface area contributed by atoms with Crippen LogP contribution in [0.25, 0.3) is 0 Å². The van der Waals surface area contributed by atoms with E-state index >= 15 is 0 Å². The first-order chi connectivity index (χ1) is 8.16. The number of benzene rings is 1. The van der Waals surface area contributed by atoms with Gasteiger partial charge in [0.15, 0.2) is 5.78 Å². The summed E-state index contributed by atoms with van der Waals surface area (Å²) in [6.45, 7) is 2.03. The maximum absolute atomic E-state index is 12.3. The van der Waals surface area contributed by atoms with E-state index in [4.69, 9.17) is 10.00 Å². The van der Waals surface area contributed by atoms with E-state index in [1.807, 2.05) is 19.1 Å². The minimum Gasteiger partial charge on any atom is -0.496 e. The van der Waals surface area contributed by atoms with Crippen LogP contribution in [0.4, 0.5) is 0 Å². The number of methoxy groups -OCH3 is 1. The molecular weight excluding hydrogens is 214 g/mol. The van der Waals surface area contributed by atoms with Gasteiger partial charge in [-0.2, -0.15) is 5.26 Å². The molecule has 1 aliphatic carbocycles. The smallest absolute Gasteiger partial charge is 0.186 e. The van der Waals surface area contributed by atoms with Crippen molar-refractivity contribution in [2.45, 2.75) is 26.2 Å². The molecule has 3 nitrogen and oxygen atoms in total. The van der Waals surface area contributed by atoms with Crippen LogP contribution in [0.5, 0.6) is 5.75 Å². The van der Waals surface area contributed by atoms with Crippen molar-refractivity contribution in [3.8, 4) is 11.8 Å². The molecule has 1 aromatic carbocycles. The standard InChI is InChI=1S/C14H15NO2/c1-3-10-4-5-12(17-2)11(8-10)13(16)14(9-15)6-7-14/h4-5,8H,3,6-7H2,1-2H3. The summed E-state index contributed by atoms with van der Waals surface area (Å²) >= 11 is 0. The highest BCUT2D eigenvalue weighted by molar-refractivity contribution is 6.06. The van der Waals surface area contributed by atoms with Gasteiger partial charge >= 0.3 is 0 Å². The minimum atomic E-state index is -0.778. The van der Waals surface area contributed by atoms with E-state index < -0.39 is 5.41 Å². The highest BCUT2D eigenvalue weighted by atomic mass is 16.5. The number of hydrogen-bond acceptors (Lipinski definition) is 3. The Morgan fingerprint density at radius 3 is 2.71 bits per heavy atom. The predicted octanol–water partition coefficient (Wildman–Crippen LogP) is 2.74. The maximum atomic E-state index is 12.3. The highest BCUT2D eigenvalue weighted by Gasteiger charge is 2.51. The number of carbonyl (C=O) groups excluding carboxylic acids is 1. The fraction of sp³-hybridized carbons (Fsp3) is 0.429. The molecular formula is C14H15NO2. The van der Waals surface area contributed by atoms with Crippen LogP contribution in [-0.2, 0) is 6.42 Å². The molecule has 0 radical (unpaired) electrons. The van der Waals surface area contributed by atoms with Crippen LogP contribution in [-0.4, -0.2) is 12.9 Å². The zero-order valence-corrected chi connectivity index (χ0v) is 10.1. The van der Waals surface area contributed by atoms with Crippen molar-refractivity contribution in [2.24, 2.45) is 5.41 Å². The number of Topliss-reactive ketones (excluding diaryl/α,β-unsaturated/α-hetero) is 1. The molecule has 2 rings (SSSR count). The fourth-order valence-electron chi connectivity index (χ4n) is 1.92. The second kappa shape index (κ2) is 4.21. The topological polar surface area (TPSA) is 50.1 Å². The monoisotopic (exact) mass is 229 g/mol. The molecule has 0 bridgehead atoms. The van der Waals surface area contributed by atoms with Crippen molar-refractivity contribution in [2.75, 3.05) is 7.11 Å². The average molecular weight is 229 g/mol. The van der Waals surface area contributed by atoms with Crippen LogP contribution >= 0.6 is 0 Å². The van der Waals surface area contributed by atoms with E-state index in [0.29, 0.717) is 24.2 Å². The lowest BCUT2D eigenvalue weighted by Crippen LogP contribution is -2.15. The van der Waals surface area contributed by atoms with E-state index in [-0.39, 0.29) is 5.78 Å². The van der Waals surface area contributed by atoms with Gasteiger partial charge in [-0.15, -0.1) is 0 Å². The molecule has 0 atom stereocenters. The van der Waals surface area contributed by atoms with E-state index in [1.165, 1.54) is 0 Å². The van der Waals surface area contributed by atoms with E-state index in [9.17, 15) is 4.79 Å². The number of nitrogens with zero attached hydrogens (tertiary/aromatic N) is 1. The van der Waals surface area contributed by atoms with Crippen LogP contribution in [0, 0.1) is 16.7 Å². The first-order valence-electron chi connectivity index (χ1n) is 5.80. The molecule has 0 amide bonds. The zero-order valence-electron chi connectivity index (χ0n) is 10.1. The van der Waals surface area contributed by atoms with E-state index in [2.05, 4.69) is 6.07 Å². The van der Waals surface area contributed by atoms with Crippen molar-refractivity contribution in [1.29, 1.82) is 5.26 Å². The van der Waals surface area contributed by atoms with Crippen molar-refractivity contribution >= 4 is 5.78 Å². The van der Waals surface area contributed by atoms with Gasteiger partial charge < -0.3 is 4.74 Å². The molecule has 3 heteroatoms. The molecule has 0 unspecified atom stereocenters. The largest absolute Gasteiger partial charge is 0.496 e. The molecule has 0 aromatic heterocycles. The summed E-state index contributed by atoms with van der Waals surface area (Å²) < 4.78 is 5.20. The lowest BCUT2D eigenvalue weighted by molar-refractivity contribution is 0.0931. The molecule has 17 heavy (non-hydrogen) atoms.